The molecule has 0 bridgehead atoms. The number of esters is 6. The Labute approximate surface area is 501 Å². The summed E-state index contributed by atoms with van der Waals surface area (Å²) in [6, 6.07) is 26.5. The van der Waals surface area contributed by atoms with Crippen LogP contribution in [0.2, 0.25) is 0 Å². The second kappa shape index (κ2) is 35.4. The molecule has 1 aromatic heterocycles. The molecular weight excluding hydrogens is 1110 g/mol. The average molecular weight is 1190 g/mol. The van der Waals surface area contributed by atoms with Crippen molar-refractivity contribution in [3.8, 4) is 34.5 Å². The maximum Gasteiger partial charge on any atom is 0.330 e. The first-order chi connectivity index (χ1) is 41.5. The van der Waals surface area contributed by atoms with Crippen molar-refractivity contribution >= 4 is 68.7 Å². The molecule has 2 aliphatic rings. The molecule has 2 aliphatic carbocycles. The monoisotopic (exact) mass is 1190 g/mol. The summed E-state index contributed by atoms with van der Waals surface area (Å²) >= 11 is 1.49. The molecule has 5 aromatic rings. The minimum Gasteiger partial charge on any atom is -0.494 e. The van der Waals surface area contributed by atoms with Gasteiger partial charge in [-0.3, -0.25) is 19.2 Å². The number of ether oxygens (including phenoxy) is 9. The van der Waals surface area contributed by atoms with E-state index >= 15 is 0 Å². The summed E-state index contributed by atoms with van der Waals surface area (Å²) in [6.07, 6.45) is 16.2. The van der Waals surface area contributed by atoms with E-state index in [2.05, 4.69) is 20.1 Å². The van der Waals surface area contributed by atoms with E-state index in [1.54, 1.807) is 78.0 Å². The smallest absolute Gasteiger partial charge is 0.330 e. The molecule has 0 saturated heterocycles. The summed E-state index contributed by atoms with van der Waals surface area (Å²) < 4.78 is 52.2. The zero-order valence-electron chi connectivity index (χ0n) is 48.7. The number of hydrogen-bond donors (Lipinski definition) is 0. The van der Waals surface area contributed by atoms with E-state index < -0.39 is 41.6 Å². The van der Waals surface area contributed by atoms with Crippen LogP contribution in [0.1, 0.15) is 128 Å². The van der Waals surface area contributed by atoms with Crippen LogP contribution in [-0.4, -0.2) is 93.2 Å². The third-order valence-corrected chi connectivity index (χ3v) is 15.7. The van der Waals surface area contributed by atoms with E-state index in [1.165, 1.54) is 11.3 Å². The van der Waals surface area contributed by atoms with E-state index in [1.807, 2.05) is 24.3 Å². The highest BCUT2D eigenvalue weighted by Crippen LogP contribution is 2.36. The van der Waals surface area contributed by atoms with Gasteiger partial charge in [-0.15, -0.1) is 0 Å². The fourth-order valence-corrected chi connectivity index (χ4v) is 10.6. The van der Waals surface area contributed by atoms with Crippen LogP contribution >= 0.6 is 11.3 Å². The Morgan fingerprint density at radius 2 is 0.976 bits per heavy atom. The van der Waals surface area contributed by atoms with Crippen molar-refractivity contribution in [2.75, 3.05) is 51.2 Å². The van der Waals surface area contributed by atoms with Gasteiger partial charge in [-0.05, 0) is 188 Å². The predicted molar refractivity (Wildman–Crippen MR) is 323 cm³/mol. The molecule has 0 N–H and O–H groups in total. The average Bonchev–Trinajstić information content (AvgIpc) is 4.18. The minimum absolute atomic E-state index is 0.213. The van der Waals surface area contributed by atoms with Crippen molar-refractivity contribution in [1.82, 2.24) is 4.98 Å². The van der Waals surface area contributed by atoms with Gasteiger partial charge in [0.2, 0.25) is 5.13 Å². The van der Waals surface area contributed by atoms with Crippen molar-refractivity contribution in [2.24, 2.45) is 28.8 Å². The first-order valence-corrected chi connectivity index (χ1v) is 30.6. The molecule has 0 amide bonds. The van der Waals surface area contributed by atoms with Crippen LogP contribution in [0.4, 0.5) is 5.13 Å². The highest BCUT2D eigenvalue weighted by molar-refractivity contribution is 7.22. The Hall–Kier alpha value is -7.90. The fraction of sp³-hybridized carbons (Fsp3) is 0.455. The number of nitrogens with zero attached hydrogens (tertiary/aromatic N) is 3. The molecule has 85 heavy (non-hydrogen) atoms. The molecule has 454 valence electrons. The lowest BCUT2D eigenvalue weighted by Crippen LogP contribution is -2.30. The number of hydrazone groups is 1. The van der Waals surface area contributed by atoms with Gasteiger partial charge in [-0.1, -0.05) is 50.0 Å². The standard InChI is InChI=1S/C66H79N3O15S/c1-4-7-39-76-44-38-69(66-68-57-18-12-13-19-59(57)85-66)67-46-51-45-56(83-64(74)49-22-20-47(21-23-49)62(72)81-54-32-28-52(29-33-54)77-40-14-8-10-16-42-79-60(70)5-2)36-37-58(51)84-65(75)50-26-24-48(25-27-50)63(73)82-55-34-30-53(31-35-55)78-41-15-9-11-17-43-80-61(71)6-3/h5-6,12-13,18-19,28-37,45-50H,2-4,7-11,14-17,20-27,38-44H2,1H3/b67-46-. The SMILES string of the molecule is C=CC(=O)OCCCCCCOc1ccc(OC(=O)C2CCC(C(=O)Oc3ccc(OC(=O)C4CCC(C(=O)Oc5ccc(OCCCCCCOC(=O)C=C)cc5)CC4)c(/C=N\N(CCOCCCC)c4nc5ccccc5s4)c3)CC2)cc1. The topological polar surface area (TPSA) is 214 Å². The Morgan fingerprint density at radius 3 is 1.46 bits per heavy atom. The minimum atomic E-state index is -0.480. The van der Waals surface area contributed by atoms with Crippen molar-refractivity contribution in [2.45, 2.75) is 122 Å². The maximum absolute atomic E-state index is 14.0. The third-order valence-electron chi connectivity index (χ3n) is 14.6. The van der Waals surface area contributed by atoms with Crippen molar-refractivity contribution in [1.29, 1.82) is 0 Å². The molecule has 19 heteroatoms. The zero-order chi connectivity index (χ0) is 60.0. The highest BCUT2D eigenvalue weighted by atomic mass is 32.1. The molecule has 1 heterocycles. The van der Waals surface area contributed by atoms with Crippen molar-refractivity contribution < 1.29 is 71.4 Å². The summed E-state index contributed by atoms with van der Waals surface area (Å²) in [6.45, 7) is 12.1. The molecule has 4 aromatic carbocycles. The Morgan fingerprint density at radius 1 is 0.529 bits per heavy atom. The van der Waals surface area contributed by atoms with Crippen molar-refractivity contribution in [3.05, 3.63) is 122 Å². The van der Waals surface area contributed by atoms with Gasteiger partial charge in [0.15, 0.2) is 0 Å². The number of carbonyl (C=O) groups is 6. The molecule has 0 atom stereocenters. The Balaban J connectivity index is 0.916. The number of benzene rings is 4. The van der Waals surface area contributed by atoms with Gasteiger partial charge in [-0.25, -0.2) is 19.6 Å². The second-order valence-corrected chi connectivity index (χ2v) is 22.0. The first kappa shape index (κ1) is 64.7. The van der Waals surface area contributed by atoms with E-state index in [0.29, 0.717) is 131 Å². The lowest BCUT2D eigenvalue weighted by Gasteiger charge is -2.26. The summed E-state index contributed by atoms with van der Waals surface area (Å²) in [5.74, 6) is -1.58. The molecule has 0 aliphatic heterocycles. The molecule has 18 nitrogen and oxygen atoms in total. The normalized spacial score (nSPS) is 16.6. The second-order valence-electron chi connectivity index (χ2n) is 21.0. The largest absolute Gasteiger partial charge is 0.494 e. The number of para-hydroxylation sites is 1. The third kappa shape index (κ3) is 21.9. The fourth-order valence-electron chi connectivity index (χ4n) is 9.67. The Kier molecular flexibility index (Phi) is 26.9. The molecular formula is C66H79N3O15S. The highest BCUT2D eigenvalue weighted by Gasteiger charge is 2.34. The van der Waals surface area contributed by atoms with Gasteiger partial charge in [0, 0.05) is 24.3 Å². The number of hydrogen-bond acceptors (Lipinski definition) is 19. The lowest BCUT2D eigenvalue weighted by molar-refractivity contribution is -0.145. The predicted octanol–water partition coefficient (Wildman–Crippen LogP) is 12.9. The van der Waals surface area contributed by atoms with Crippen LogP contribution < -0.4 is 33.4 Å². The van der Waals surface area contributed by atoms with Gasteiger partial charge in [0.1, 0.15) is 34.5 Å². The molecule has 0 radical (unpaired) electrons. The van der Waals surface area contributed by atoms with Gasteiger partial charge in [-0.2, -0.15) is 5.10 Å². The van der Waals surface area contributed by atoms with E-state index in [0.717, 1.165) is 86.6 Å². The number of anilines is 1. The number of carbonyl (C=O) groups excluding carboxylic acids is 6. The van der Waals surface area contributed by atoms with Crippen molar-refractivity contribution in [3.63, 3.8) is 0 Å². The van der Waals surface area contributed by atoms with Crippen LogP contribution in [0.25, 0.3) is 10.2 Å². The van der Waals surface area contributed by atoms with Crippen LogP contribution in [0.15, 0.2) is 121 Å². The lowest BCUT2D eigenvalue weighted by atomic mass is 9.82. The van der Waals surface area contributed by atoms with E-state index in [9.17, 15) is 28.8 Å². The van der Waals surface area contributed by atoms with E-state index in [4.69, 9.17) is 52.7 Å². The summed E-state index contributed by atoms with van der Waals surface area (Å²) in [5.41, 5.74) is 1.21. The number of unbranched alkanes of at least 4 members (excludes halogenated alkanes) is 7. The summed E-state index contributed by atoms with van der Waals surface area (Å²) in [5, 5.41) is 7.26. The number of aromatic nitrogens is 1. The molecule has 0 spiro atoms. The van der Waals surface area contributed by atoms with Crippen LogP contribution in [0.3, 0.4) is 0 Å². The van der Waals surface area contributed by atoms with Crippen LogP contribution in [0.5, 0.6) is 34.5 Å². The van der Waals surface area contributed by atoms with Gasteiger partial charge < -0.3 is 42.6 Å². The zero-order valence-corrected chi connectivity index (χ0v) is 49.5. The molecule has 0 unspecified atom stereocenters. The van der Waals surface area contributed by atoms with Crippen LogP contribution in [0, 0.1) is 23.7 Å². The molecule has 2 saturated carbocycles. The number of fused-ring (bicyclic) bond motifs is 1. The quantitative estimate of drug-likeness (QED) is 0.00921. The summed E-state index contributed by atoms with van der Waals surface area (Å²) in [7, 11) is 0. The van der Waals surface area contributed by atoms with Gasteiger partial charge in [0.05, 0.1) is 79.7 Å². The van der Waals surface area contributed by atoms with Gasteiger partial charge in [0.25, 0.3) is 0 Å². The maximum atomic E-state index is 14.0. The summed E-state index contributed by atoms with van der Waals surface area (Å²) in [4.78, 5) is 81.5. The first-order valence-electron chi connectivity index (χ1n) is 29.8. The number of rotatable bonds is 35. The molecule has 2 fully saturated rings. The number of thiazole rings is 1. The van der Waals surface area contributed by atoms with Gasteiger partial charge >= 0.3 is 35.8 Å². The van der Waals surface area contributed by atoms with Crippen LogP contribution in [-0.2, 0) is 43.0 Å². The Bertz CT molecular complexity index is 2950. The molecule has 7 rings (SSSR count). The van der Waals surface area contributed by atoms with E-state index in [-0.39, 0.29) is 29.4 Å².